The van der Waals surface area contributed by atoms with Crippen LogP contribution in [-0.2, 0) is 14.6 Å². The van der Waals surface area contributed by atoms with Gasteiger partial charge in [0.1, 0.15) is 0 Å². The Kier molecular flexibility index (Phi) is 9.42. The smallest absolute Gasteiger partial charge is 0.220 e. The molecular formula is C13H27ClN2O3S. The summed E-state index contributed by atoms with van der Waals surface area (Å²) in [4.78, 5) is 11.7. The van der Waals surface area contributed by atoms with Gasteiger partial charge in [0.25, 0.3) is 0 Å². The van der Waals surface area contributed by atoms with Gasteiger partial charge in [-0.1, -0.05) is 13.8 Å². The first kappa shape index (κ1) is 19.7. The predicted molar refractivity (Wildman–Crippen MR) is 84.0 cm³/mol. The van der Waals surface area contributed by atoms with Crippen molar-refractivity contribution in [1.29, 1.82) is 0 Å². The van der Waals surface area contributed by atoms with Crippen LogP contribution in [0.25, 0.3) is 0 Å². The molecule has 0 spiro atoms. The van der Waals surface area contributed by atoms with E-state index in [-0.39, 0.29) is 36.4 Å². The molecule has 1 fully saturated rings. The largest absolute Gasteiger partial charge is 0.355 e. The van der Waals surface area contributed by atoms with Crippen LogP contribution in [0.15, 0.2) is 0 Å². The maximum Gasteiger partial charge on any atom is 0.220 e. The average Bonchev–Trinajstić information content (AvgIpc) is 2.39. The fourth-order valence-electron chi connectivity index (χ4n) is 2.43. The zero-order valence-corrected chi connectivity index (χ0v) is 14.0. The summed E-state index contributed by atoms with van der Waals surface area (Å²) in [5.74, 6) is 1.11. The summed E-state index contributed by atoms with van der Waals surface area (Å²) in [6.07, 6.45) is 2.74. The number of halogens is 1. The fourth-order valence-corrected chi connectivity index (χ4v) is 3.14. The van der Waals surface area contributed by atoms with E-state index in [2.05, 4.69) is 17.6 Å². The van der Waals surface area contributed by atoms with E-state index in [1.54, 1.807) is 6.92 Å². The van der Waals surface area contributed by atoms with Gasteiger partial charge in [-0.3, -0.25) is 4.79 Å². The molecule has 0 saturated carbocycles. The van der Waals surface area contributed by atoms with Gasteiger partial charge in [-0.2, -0.15) is 0 Å². The Labute approximate surface area is 128 Å². The maximum atomic E-state index is 11.7. The Morgan fingerprint density at radius 3 is 2.50 bits per heavy atom. The summed E-state index contributed by atoms with van der Waals surface area (Å²) in [6, 6.07) is 0. The first-order valence-electron chi connectivity index (χ1n) is 7.12. The third-order valence-corrected chi connectivity index (χ3v) is 5.58. The van der Waals surface area contributed by atoms with Crippen LogP contribution in [0.3, 0.4) is 0 Å². The lowest BCUT2D eigenvalue weighted by molar-refractivity contribution is -0.122. The SMILES string of the molecule is CCS(=O)(=O)CCNC(=O)CC(C)C1CCNCC1.Cl. The van der Waals surface area contributed by atoms with Crippen molar-refractivity contribution in [3.63, 3.8) is 0 Å². The maximum absolute atomic E-state index is 11.7. The molecule has 0 aromatic rings. The van der Waals surface area contributed by atoms with Gasteiger partial charge in [0.2, 0.25) is 5.91 Å². The summed E-state index contributed by atoms with van der Waals surface area (Å²) in [5.41, 5.74) is 0. The Morgan fingerprint density at radius 1 is 1.35 bits per heavy atom. The Morgan fingerprint density at radius 2 is 1.95 bits per heavy atom. The highest BCUT2D eigenvalue weighted by molar-refractivity contribution is 7.91. The van der Waals surface area contributed by atoms with Crippen LogP contribution in [0.2, 0.25) is 0 Å². The minimum Gasteiger partial charge on any atom is -0.355 e. The van der Waals surface area contributed by atoms with Gasteiger partial charge in [-0.15, -0.1) is 12.4 Å². The lowest BCUT2D eigenvalue weighted by atomic mass is 9.84. The molecule has 120 valence electrons. The second kappa shape index (κ2) is 9.58. The van der Waals surface area contributed by atoms with Crippen molar-refractivity contribution in [3.8, 4) is 0 Å². The van der Waals surface area contributed by atoms with Crippen molar-refractivity contribution in [2.45, 2.75) is 33.1 Å². The summed E-state index contributed by atoms with van der Waals surface area (Å²) < 4.78 is 22.6. The van der Waals surface area contributed by atoms with E-state index in [0.717, 1.165) is 25.9 Å². The van der Waals surface area contributed by atoms with Crippen LogP contribution in [-0.4, -0.2) is 45.5 Å². The highest BCUT2D eigenvalue weighted by atomic mass is 35.5. The monoisotopic (exact) mass is 326 g/mol. The molecule has 0 aliphatic carbocycles. The van der Waals surface area contributed by atoms with Gasteiger partial charge in [0.05, 0.1) is 5.75 Å². The van der Waals surface area contributed by atoms with E-state index in [1.165, 1.54) is 0 Å². The van der Waals surface area contributed by atoms with Crippen LogP contribution in [0.1, 0.15) is 33.1 Å². The molecule has 0 aromatic heterocycles. The van der Waals surface area contributed by atoms with E-state index in [4.69, 9.17) is 0 Å². The molecule has 1 amide bonds. The summed E-state index contributed by atoms with van der Waals surface area (Å²) in [6.45, 7) is 6.03. The Bertz CT molecular complexity index is 381. The van der Waals surface area contributed by atoms with E-state index < -0.39 is 9.84 Å². The number of carbonyl (C=O) groups is 1. The molecule has 5 nitrogen and oxygen atoms in total. The molecule has 1 unspecified atom stereocenters. The zero-order valence-electron chi connectivity index (χ0n) is 12.4. The van der Waals surface area contributed by atoms with E-state index in [0.29, 0.717) is 18.3 Å². The van der Waals surface area contributed by atoms with Crippen molar-refractivity contribution in [2.75, 3.05) is 31.1 Å². The molecule has 0 aromatic carbocycles. The molecule has 0 bridgehead atoms. The molecule has 20 heavy (non-hydrogen) atoms. The van der Waals surface area contributed by atoms with Gasteiger partial charge in [0, 0.05) is 18.7 Å². The molecule has 7 heteroatoms. The topological polar surface area (TPSA) is 75.3 Å². The van der Waals surface area contributed by atoms with Crippen molar-refractivity contribution >= 4 is 28.2 Å². The standard InChI is InChI=1S/C13H26N2O3S.ClH/c1-3-19(17,18)9-8-15-13(16)10-11(2)12-4-6-14-7-5-12;/h11-12,14H,3-10H2,1-2H3,(H,15,16);1H. The quantitative estimate of drug-likeness (QED) is 0.731. The van der Waals surface area contributed by atoms with Crippen molar-refractivity contribution < 1.29 is 13.2 Å². The molecule has 0 radical (unpaired) electrons. The average molecular weight is 327 g/mol. The second-order valence-corrected chi connectivity index (χ2v) is 7.83. The zero-order chi connectivity index (χ0) is 14.3. The summed E-state index contributed by atoms with van der Waals surface area (Å²) >= 11 is 0. The number of carbonyl (C=O) groups excluding carboxylic acids is 1. The molecule has 2 N–H and O–H groups in total. The highest BCUT2D eigenvalue weighted by Crippen LogP contribution is 2.23. The molecule has 1 atom stereocenters. The molecule has 1 saturated heterocycles. The lowest BCUT2D eigenvalue weighted by Crippen LogP contribution is -2.34. The number of amides is 1. The van der Waals surface area contributed by atoms with Crippen LogP contribution in [0.5, 0.6) is 0 Å². The van der Waals surface area contributed by atoms with Gasteiger partial charge in [-0.25, -0.2) is 8.42 Å². The minimum absolute atomic E-state index is 0. The molecule has 1 rings (SSSR count). The first-order chi connectivity index (χ1) is 8.94. The molecule has 1 aliphatic rings. The predicted octanol–water partition coefficient (Wildman–Crippen LogP) is 0.985. The van der Waals surface area contributed by atoms with Crippen LogP contribution < -0.4 is 10.6 Å². The van der Waals surface area contributed by atoms with Crippen LogP contribution in [0, 0.1) is 11.8 Å². The number of nitrogens with one attached hydrogen (secondary N) is 2. The highest BCUT2D eigenvalue weighted by Gasteiger charge is 2.21. The second-order valence-electron chi connectivity index (χ2n) is 5.36. The number of rotatable bonds is 7. The van der Waals surface area contributed by atoms with Gasteiger partial charge < -0.3 is 10.6 Å². The first-order valence-corrected chi connectivity index (χ1v) is 8.94. The van der Waals surface area contributed by atoms with Crippen LogP contribution in [0.4, 0.5) is 0 Å². The molecular weight excluding hydrogens is 300 g/mol. The van der Waals surface area contributed by atoms with Gasteiger partial charge >= 0.3 is 0 Å². The third kappa shape index (κ3) is 7.45. The van der Waals surface area contributed by atoms with Gasteiger partial charge in [0.15, 0.2) is 9.84 Å². The number of sulfone groups is 1. The molecule has 1 aliphatic heterocycles. The molecule has 1 heterocycles. The number of hydrogen-bond donors (Lipinski definition) is 2. The fraction of sp³-hybridized carbons (Fsp3) is 0.923. The van der Waals surface area contributed by atoms with E-state index in [9.17, 15) is 13.2 Å². The minimum atomic E-state index is -2.99. The van der Waals surface area contributed by atoms with E-state index >= 15 is 0 Å². The lowest BCUT2D eigenvalue weighted by Gasteiger charge is -2.27. The third-order valence-electron chi connectivity index (χ3n) is 3.87. The number of hydrogen-bond acceptors (Lipinski definition) is 4. The number of piperidine rings is 1. The summed E-state index contributed by atoms with van der Waals surface area (Å²) in [5, 5.41) is 6.02. The van der Waals surface area contributed by atoms with E-state index in [1.807, 2.05) is 0 Å². The van der Waals surface area contributed by atoms with Crippen molar-refractivity contribution in [1.82, 2.24) is 10.6 Å². The Hall–Kier alpha value is -0.330. The van der Waals surface area contributed by atoms with Crippen molar-refractivity contribution in [3.05, 3.63) is 0 Å². The Balaban J connectivity index is 0.00000361. The summed E-state index contributed by atoms with van der Waals surface area (Å²) in [7, 11) is -2.99. The normalized spacial score (nSPS) is 18.1. The van der Waals surface area contributed by atoms with Gasteiger partial charge in [-0.05, 0) is 37.8 Å². The van der Waals surface area contributed by atoms with Crippen molar-refractivity contribution in [2.24, 2.45) is 11.8 Å². The van der Waals surface area contributed by atoms with Crippen LogP contribution >= 0.6 is 12.4 Å².